The van der Waals surface area contributed by atoms with Crippen molar-refractivity contribution < 1.29 is 9.13 Å². The van der Waals surface area contributed by atoms with E-state index in [2.05, 4.69) is 9.97 Å². The summed E-state index contributed by atoms with van der Waals surface area (Å²) in [5.41, 5.74) is 0.875. The van der Waals surface area contributed by atoms with Gasteiger partial charge in [0.15, 0.2) is 0 Å². The largest absolute Gasteiger partial charge is 0.381 e. The van der Waals surface area contributed by atoms with Crippen LogP contribution in [-0.2, 0) is 4.74 Å². The molecule has 0 aliphatic carbocycles. The lowest BCUT2D eigenvalue weighted by molar-refractivity contribution is 0.0796. The third-order valence-corrected chi connectivity index (χ3v) is 3.28. The second-order valence-electron chi connectivity index (χ2n) is 4.53. The Kier molecular flexibility index (Phi) is 2.83. The Balaban J connectivity index is 2.19. The van der Waals surface area contributed by atoms with Gasteiger partial charge in [-0.1, -0.05) is 0 Å². The lowest BCUT2D eigenvalue weighted by Gasteiger charge is -2.22. The summed E-state index contributed by atoms with van der Waals surface area (Å²) in [5.74, 6) is -0.215. The summed E-state index contributed by atoms with van der Waals surface area (Å²) < 4.78 is 18.8. The second-order valence-corrected chi connectivity index (χ2v) is 4.53. The number of nitrogens with one attached hydrogen (secondary N) is 1. The molecule has 4 nitrogen and oxygen atoms in total. The minimum Gasteiger partial charge on any atom is -0.381 e. The second kappa shape index (κ2) is 4.49. The highest BCUT2D eigenvalue weighted by atomic mass is 19.1. The van der Waals surface area contributed by atoms with Crippen LogP contribution in [0, 0.1) is 5.82 Å². The first kappa shape index (κ1) is 11.3. The molecule has 1 N–H and O–H groups in total. The molecule has 5 heteroatoms. The molecule has 0 amide bonds. The van der Waals surface area contributed by atoms with Gasteiger partial charge in [0.2, 0.25) is 0 Å². The highest BCUT2D eigenvalue weighted by Gasteiger charge is 2.20. The monoisotopic (exact) mass is 248 g/mol. The van der Waals surface area contributed by atoms with Gasteiger partial charge in [0, 0.05) is 23.6 Å². The molecular formula is C13H13FN2O2. The number of rotatable bonds is 1. The van der Waals surface area contributed by atoms with Crippen molar-refractivity contribution in [1.29, 1.82) is 0 Å². The van der Waals surface area contributed by atoms with Crippen molar-refractivity contribution >= 4 is 10.9 Å². The van der Waals surface area contributed by atoms with E-state index in [1.807, 2.05) is 0 Å². The lowest BCUT2D eigenvalue weighted by atomic mass is 9.95. The smallest absolute Gasteiger partial charge is 0.345 e. The van der Waals surface area contributed by atoms with E-state index in [1.165, 1.54) is 18.2 Å². The molecule has 1 aliphatic heterocycles. The fourth-order valence-corrected chi connectivity index (χ4v) is 2.43. The first-order valence-electron chi connectivity index (χ1n) is 6.01. The summed E-state index contributed by atoms with van der Waals surface area (Å²) in [6.45, 7) is 1.31. The molecule has 0 saturated carbocycles. The zero-order chi connectivity index (χ0) is 12.5. The molecule has 1 aromatic carbocycles. The molecule has 2 heterocycles. The van der Waals surface area contributed by atoms with Gasteiger partial charge in [-0.25, -0.2) is 9.18 Å². The lowest BCUT2D eigenvalue weighted by Crippen LogP contribution is -2.21. The fraction of sp³-hybridized carbons (Fsp3) is 0.385. The summed E-state index contributed by atoms with van der Waals surface area (Å²) in [6.07, 6.45) is 1.89. The molecule has 3 rings (SSSR count). The minimum absolute atomic E-state index is 0.110. The standard InChI is InChI=1S/C13H13FN2O2/c14-9-3-4-11-10(6-9)12(16-13(17)15-11)8-2-1-5-18-7-8/h3-4,6,8H,1-2,5,7H2,(H,15,16,17). The molecule has 1 unspecified atom stereocenters. The van der Waals surface area contributed by atoms with Gasteiger partial charge in [-0.3, -0.25) is 0 Å². The van der Waals surface area contributed by atoms with Gasteiger partial charge in [-0.05, 0) is 31.0 Å². The molecule has 2 aromatic rings. The maximum absolute atomic E-state index is 13.3. The van der Waals surface area contributed by atoms with Crippen molar-refractivity contribution in [2.75, 3.05) is 13.2 Å². The summed E-state index contributed by atoms with van der Waals surface area (Å²) in [7, 11) is 0. The summed E-state index contributed by atoms with van der Waals surface area (Å²) in [5, 5.41) is 0.671. The van der Waals surface area contributed by atoms with Gasteiger partial charge in [-0.15, -0.1) is 0 Å². The van der Waals surface area contributed by atoms with Gasteiger partial charge in [0.1, 0.15) is 5.82 Å². The Morgan fingerprint density at radius 1 is 1.44 bits per heavy atom. The summed E-state index contributed by atoms with van der Waals surface area (Å²) in [4.78, 5) is 18.1. The number of nitrogens with zero attached hydrogens (tertiary/aromatic N) is 1. The molecule has 1 saturated heterocycles. The quantitative estimate of drug-likeness (QED) is 0.839. The summed E-state index contributed by atoms with van der Waals surface area (Å²) >= 11 is 0. The first-order valence-corrected chi connectivity index (χ1v) is 6.01. The topological polar surface area (TPSA) is 55.0 Å². The summed E-state index contributed by atoms with van der Waals surface area (Å²) in [6, 6.07) is 4.27. The van der Waals surface area contributed by atoms with Crippen molar-refractivity contribution in [1.82, 2.24) is 9.97 Å². The number of ether oxygens (including phenoxy) is 1. The van der Waals surface area contributed by atoms with Crippen LogP contribution in [0.25, 0.3) is 10.9 Å². The average Bonchev–Trinajstić information content (AvgIpc) is 2.39. The van der Waals surface area contributed by atoms with Crippen LogP contribution < -0.4 is 5.69 Å². The fourth-order valence-electron chi connectivity index (χ4n) is 2.43. The number of benzene rings is 1. The zero-order valence-electron chi connectivity index (χ0n) is 9.78. The Bertz CT molecular complexity index is 632. The molecule has 0 bridgehead atoms. The van der Waals surface area contributed by atoms with Crippen LogP contribution in [0.15, 0.2) is 23.0 Å². The van der Waals surface area contributed by atoms with Gasteiger partial charge >= 0.3 is 5.69 Å². The van der Waals surface area contributed by atoms with Crippen molar-refractivity contribution in [2.24, 2.45) is 0 Å². The third-order valence-electron chi connectivity index (χ3n) is 3.28. The van der Waals surface area contributed by atoms with Crippen molar-refractivity contribution in [2.45, 2.75) is 18.8 Å². The van der Waals surface area contributed by atoms with Gasteiger partial charge in [0.05, 0.1) is 12.1 Å². The first-order chi connectivity index (χ1) is 8.74. The van der Waals surface area contributed by atoms with Crippen LogP contribution in [0.1, 0.15) is 24.5 Å². The van der Waals surface area contributed by atoms with Crippen LogP contribution in [0.5, 0.6) is 0 Å². The molecule has 1 fully saturated rings. The van der Waals surface area contributed by atoms with Gasteiger partial charge < -0.3 is 9.72 Å². The molecule has 0 radical (unpaired) electrons. The van der Waals surface area contributed by atoms with Crippen LogP contribution in [0.3, 0.4) is 0 Å². The zero-order valence-corrected chi connectivity index (χ0v) is 9.78. The van der Waals surface area contributed by atoms with Crippen molar-refractivity contribution in [3.8, 4) is 0 Å². The SMILES string of the molecule is O=c1nc2ccc(F)cc2c(C2CCCOC2)[nH]1. The van der Waals surface area contributed by atoms with E-state index in [0.717, 1.165) is 25.1 Å². The number of fused-ring (bicyclic) bond motifs is 1. The highest BCUT2D eigenvalue weighted by Crippen LogP contribution is 2.28. The predicted molar refractivity (Wildman–Crippen MR) is 65.1 cm³/mol. The van der Waals surface area contributed by atoms with E-state index >= 15 is 0 Å². The number of hydrogen-bond acceptors (Lipinski definition) is 3. The van der Waals surface area contributed by atoms with E-state index in [-0.39, 0.29) is 11.7 Å². The molecule has 1 aliphatic rings. The number of aromatic nitrogens is 2. The molecular weight excluding hydrogens is 235 g/mol. The van der Waals surface area contributed by atoms with E-state index < -0.39 is 5.69 Å². The minimum atomic E-state index is -0.394. The molecule has 0 spiro atoms. The molecule has 94 valence electrons. The van der Waals surface area contributed by atoms with E-state index in [1.54, 1.807) is 0 Å². The van der Waals surface area contributed by atoms with Crippen molar-refractivity contribution in [3.05, 3.63) is 40.2 Å². The highest BCUT2D eigenvalue weighted by molar-refractivity contribution is 5.81. The van der Waals surface area contributed by atoms with Crippen LogP contribution in [0.4, 0.5) is 4.39 Å². The number of halogens is 1. The van der Waals surface area contributed by atoms with E-state index in [4.69, 9.17) is 4.74 Å². The molecule has 18 heavy (non-hydrogen) atoms. The molecule has 1 atom stereocenters. The number of H-pyrrole nitrogens is 1. The number of hydrogen-bond donors (Lipinski definition) is 1. The maximum atomic E-state index is 13.3. The van der Waals surface area contributed by atoms with E-state index in [9.17, 15) is 9.18 Å². The maximum Gasteiger partial charge on any atom is 0.345 e. The molecule has 1 aromatic heterocycles. The number of aromatic amines is 1. The average molecular weight is 248 g/mol. The van der Waals surface area contributed by atoms with Crippen LogP contribution >= 0.6 is 0 Å². The normalized spacial score (nSPS) is 20.2. The van der Waals surface area contributed by atoms with Crippen molar-refractivity contribution in [3.63, 3.8) is 0 Å². The predicted octanol–water partition coefficient (Wildman–Crippen LogP) is 1.96. The Labute approximate surface area is 103 Å². The van der Waals surface area contributed by atoms with Gasteiger partial charge in [0.25, 0.3) is 0 Å². The third kappa shape index (κ3) is 2.01. The Hall–Kier alpha value is -1.75. The Morgan fingerprint density at radius 3 is 3.11 bits per heavy atom. The Morgan fingerprint density at radius 2 is 2.33 bits per heavy atom. The van der Waals surface area contributed by atoms with Gasteiger partial charge in [-0.2, -0.15) is 4.98 Å². The van der Waals surface area contributed by atoms with Crippen LogP contribution in [0.2, 0.25) is 0 Å². The van der Waals surface area contributed by atoms with E-state index in [0.29, 0.717) is 17.5 Å². The van der Waals surface area contributed by atoms with Crippen LogP contribution in [-0.4, -0.2) is 23.2 Å².